The number of allylic oxidation sites excluding steroid dienone is 2. The molecule has 0 atom stereocenters. The number of benzene rings is 1. The molecule has 0 unspecified atom stereocenters. The third-order valence-electron chi connectivity index (χ3n) is 2.85. The van der Waals surface area contributed by atoms with Crippen LogP contribution in [0.5, 0.6) is 0 Å². The number of rotatable bonds is 4. The van der Waals surface area contributed by atoms with E-state index in [1.807, 2.05) is 0 Å². The Kier molecular flexibility index (Phi) is 4.54. The molecule has 1 aliphatic heterocycles. The van der Waals surface area contributed by atoms with Crippen molar-refractivity contribution in [2.75, 3.05) is 6.54 Å². The second-order valence-electron chi connectivity index (χ2n) is 4.12. The van der Waals surface area contributed by atoms with Gasteiger partial charge in [0.1, 0.15) is 0 Å². The molecule has 0 aromatic heterocycles. The van der Waals surface area contributed by atoms with Crippen molar-refractivity contribution in [3.05, 3.63) is 57.0 Å². The Bertz CT molecular complexity index is 667. The van der Waals surface area contributed by atoms with E-state index in [-0.39, 0.29) is 16.8 Å². The first-order chi connectivity index (χ1) is 10.0. The maximum absolute atomic E-state index is 11.8. The van der Waals surface area contributed by atoms with Crippen molar-refractivity contribution in [3.63, 3.8) is 0 Å². The lowest BCUT2D eigenvalue weighted by atomic mass is 10.1. The van der Waals surface area contributed by atoms with Crippen LogP contribution >= 0.6 is 11.8 Å². The van der Waals surface area contributed by atoms with Gasteiger partial charge in [-0.3, -0.25) is 24.6 Å². The van der Waals surface area contributed by atoms with Crippen LogP contribution in [0.25, 0.3) is 6.08 Å². The standard InChI is InChI=1S/C14H12N2O4S/c1-2-15-13(17)12(21-14(15)18)9-5-7-10-6-3-4-8-11(10)16(19)20/h3-9H,2H2,1H3/b7-5+,12-9-. The third-order valence-corrected chi connectivity index (χ3v) is 3.77. The summed E-state index contributed by atoms with van der Waals surface area (Å²) in [7, 11) is 0. The highest BCUT2D eigenvalue weighted by Gasteiger charge is 2.33. The molecular formula is C14H12N2O4S. The van der Waals surface area contributed by atoms with Crippen LogP contribution in [0.2, 0.25) is 0 Å². The highest BCUT2D eigenvalue weighted by Crippen LogP contribution is 2.30. The van der Waals surface area contributed by atoms with Crippen molar-refractivity contribution in [1.82, 2.24) is 4.90 Å². The Balaban J connectivity index is 2.20. The molecule has 1 fully saturated rings. The molecule has 0 N–H and O–H groups in total. The molecule has 6 nitrogen and oxygen atoms in total. The van der Waals surface area contributed by atoms with Gasteiger partial charge in [0.05, 0.1) is 15.4 Å². The first-order valence-electron chi connectivity index (χ1n) is 6.20. The van der Waals surface area contributed by atoms with Gasteiger partial charge in [-0.25, -0.2) is 0 Å². The van der Waals surface area contributed by atoms with Crippen molar-refractivity contribution in [2.24, 2.45) is 0 Å². The summed E-state index contributed by atoms with van der Waals surface area (Å²) in [6, 6.07) is 6.30. The van der Waals surface area contributed by atoms with Crippen LogP contribution in [0.4, 0.5) is 10.5 Å². The second kappa shape index (κ2) is 6.36. The number of nitrogens with zero attached hydrogens (tertiary/aromatic N) is 2. The molecule has 1 saturated heterocycles. The average molecular weight is 304 g/mol. The highest BCUT2D eigenvalue weighted by atomic mass is 32.2. The molecule has 21 heavy (non-hydrogen) atoms. The van der Waals surface area contributed by atoms with Crippen LogP contribution in [0.3, 0.4) is 0 Å². The van der Waals surface area contributed by atoms with Crippen LogP contribution in [-0.2, 0) is 4.79 Å². The molecule has 0 bridgehead atoms. The highest BCUT2D eigenvalue weighted by molar-refractivity contribution is 8.18. The average Bonchev–Trinajstić information content (AvgIpc) is 2.73. The van der Waals surface area contributed by atoms with E-state index in [9.17, 15) is 19.7 Å². The zero-order valence-electron chi connectivity index (χ0n) is 11.2. The molecule has 1 aromatic carbocycles. The largest absolute Gasteiger partial charge is 0.293 e. The maximum atomic E-state index is 11.8. The molecule has 0 saturated carbocycles. The van der Waals surface area contributed by atoms with E-state index in [2.05, 4.69) is 0 Å². The monoisotopic (exact) mass is 304 g/mol. The fourth-order valence-corrected chi connectivity index (χ4v) is 2.68. The van der Waals surface area contributed by atoms with Crippen LogP contribution in [0.1, 0.15) is 12.5 Å². The smallest absolute Gasteiger partial charge is 0.269 e. The van der Waals surface area contributed by atoms with Gasteiger partial charge in [0.2, 0.25) is 0 Å². The zero-order chi connectivity index (χ0) is 15.4. The quantitative estimate of drug-likeness (QED) is 0.484. The number of thioether (sulfide) groups is 1. The minimum atomic E-state index is -0.468. The van der Waals surface area contributed by atoms with Gasteiger partial charge in [-0.15, -0.1) is 0 Å². The van der Waals surface area contributed by atoms with Crippen LogP contribution in [-0.4, -0.2) is 27.5 Å². The van der Waals surface area contributed by atoms with E-state index >= 15 is 0 Å². The Morgan fingerprint density at radius 2 is 2.05 bits per heavy atom. The molecule has 1 aliphatic rings. The van der Waals surface area contributed by atoms with Gasteiger partial charge in [-0.2, -0.15) is 0 Å². The topological polar surface area (TPSA) is 80.5 Å². The number of nitro groups is 1. The Hall–Kier alpha value is -2.41. The van der Waals surface area contributed by atoms with Gasteiger partial charge < -0.3 is 0 Å². The van der Waals surface area contributed by atoms with E-state index in [4.69, 9.17) is 0 Å². The molecule has 2 rings (SSSR count). The molecule has 0 aliphatic carbocycles. The van der Waals surface area contributed by atoms with E-state index in [0.29, 0.717) is 17.0 Å². The number of para-hydroxylation sites is 1. The summed E-state index contributed by atoms with van der Waals surface area (Å²) in [5, 5.41) is 10.6. The Labute approximate surface area is 125 Å². The molecule has 7 heteroatoms. The van der Waals surface area contributed by atoms with Crippen molar-refractivity contribution in [3.8, 4) is 0 Å². The third kappa shape index (κ3) is 3.19. The van der Waals surface area contributed by atoms with Crippen LogP contribution in [0.15, 0.2) is 41.3 Å². The zero-order valence-corrected chi connectivity index (χ0v) is 12.0. The Morgan fingerprint density at radius 1 is 1.33 bits per heavy atom. The van der Waals surface area contributed by atoms with Crippen LogP contribution in [0, 0.1) is 10.1 Å². The van der Waals surface area contributed by atoms with Gasteiger partial charge in [0.25, 0.3) is 16.8 Å². The first kappa shape index (κ1) is 15.0. The summed E-state index contributed by atoms with van der Waals surface area (Å²) in [6.07, 6.45) is 4.57. The summed E-state index contributed by atoms with van der Waals surface area (Å²) in [5.74, 6) is -0.334. The van der Waals surface area contributed by atoms with E-state index in [1.54, 1.807) is 25.1 Å². The molecule has 108 valence electrons. The van der Waals surface area contributed by atoms with Crippen molar-refractivity contribution in [2.45, 2.75) is 6.92 Å². The normalized spacial score (nSPS) is 17.2. The lowest BCUT2D eigenvalue weighted by molar-refractivity contribution is -0.385. The number of likely N-dealkylation sites (N-methyl/N-ethyl adjacent to an activating group) is 1. The molecule has 0 spiro atoms. The van der Waals surface area contributed by atoms with E-state index < -0.39 is 4.92 Å². The Morgan fingerprint density at radius 3 is 2.67 bits per heavy atom. The maximum Gasteiger partial charge on any atom is 0.293 e. The molecule has 0 radical (unpaired) electrons. The number of nitro benzene ring substituents is 1. The predicted molar refractivity (Wildman–Crippen MR) is 80.6 cm³/mol. The SMILES string of the molecule is CCN1C(=O)S/C(=C\C=C\c2ccccc2[N+](=O)[O-])C1=O. The summed E-state index contributed by atoms with van der Waals surface area (Å²) < 4.78 is 0. The van der Waals surface area contributed by atoms with Crippen molar-refractivity contribution < 1.29 is 14.5 Å². The fourth-order valence-electron chi connectivity index (χ4n) is 1.82. The number of carbonyl (C=O) groups is 2. The first-order valence-corrected chi connectivity index (χ1v) is 7.01. The molecular weight excluding hydrogens is 292 g/mol. The summed E-state index contributed by atoms with van der Waals surface area (Å²) in [4.78, 5) is 35.2. The number of imide groups is 1. The van der Waals surface area contributed by atoms with Crippen molar-refractivity contribution >= 4 is 34.7 Å². The van der Waals surface area contributed by atoms with Gasteiger partial charge >= 0.3 is 0 Å². The predicted octanol–water partition coefficient (Wildman–Crippen LogP) is 3.21. The van der Waals surface area contributed by atoms with Gasteiger partial charge in [-0.1, -0.05) is 18.2 Å². The minimum absolute atomic E-state index is 0.0104. The lowest BCUT2D eigenvalue weighted by Gasteiger charge is -2.06. The number of hydrogen-bond donors (Lipinski definition) is 0. The molecule has 2 amide bonds. The number of amides is 2. The summed E-state index contributed by atoms with van der Waals surface area (Å²) in [6.45, 7) is 2.05. The van der Waals surface area contributed by atoms with Gasteiger partial charge in [0, 0.05) is 12.6 Å². The molecule has 1 aromatic rings. The van der Waals surface area contributed by atoms with E-state index in [0.717, 1.165) is 16.7 Å². The minimum Gasteiger partial charge on any atom is -0.269 e. The number of carbonyl (C=O) groups excluding carboxylic acids is 2. The lowest BCUT2D eigenvalue weighted by Crippen LogP contribution is -2.27. The van der Waals surface area contributed by atoms with E-state index in [1.165, 1.54) is 24.3 Å². The second-order valence-corrected chi connectivity index (χ2v) is 5.12. The fraction of sp³-hybridized carbons (Fsp3) is 0.143. The van der Waals surface area contributed by atoms with Gasteiger partial charge in [0.15, 0.2) is 0 Å². The number of hydrogen-bond acceptors (Lipinski definition) is 5. The summed E-state index contributed by atoms with van der Waals surface area (Å²) >= 11 is 0.865. The molecule has 1 heterocycles. The van der Waals surface area contributed by atoms with Gasteiger partial charge in [-0.05, 0) is 36.9 Å². The van der Waals surface area contributed by atoms with Crippen molar-refractivity contribution in [1.29, 1.82) is 0 Å². The van der Waals surface area contributed by atoms with Crippen LogP contribution < -0.4 is 0 Å². The summed E-state index contributed by atoms with van der Waals surface area (Å²) in [5.41, 5.74) is 0.428.